The van der Waals surface area contributed by atoms with E-state index in [1.165, 1.54) is 13.2 Å². The second-order valence-corrected chi connectivity index (χ2v) is 8.40. The zero-order valence-corrected chi connectivity index (χ0v) is 21.2. The van der Waals surface area contributed by atoms with Gasteiger partial charge in [0.05, 0.1) is 23.4 Å². The van der Waals surface area contributed by atoms with Crippen LogP contribution in [0.1, 0.15) is 42.4 Å². The van der Waals surface area contributed by atoms with Gasteiger partial charge in [0, 0.05) is 23.6 Å². The second kappa shape index (κ2) is 12.9. The third-order valence-corrected chi connectivity index (χ3v) is 5.86. The van der Waals surface area contributed by atoms with Crippen LogP contribution >= 0.6 is 0 Å². The van der Waals surface area contributed by atoms with E-state index in [0.717, 1.165) is 29.5 Å². The van der Waals surface area contributed by atoms with Gasteiger partial charge in [-0.2, -0.15) is 5.11 Å². The van der Waals surface area contributed by atoms with Crippen LogP contribution in [0.5, 0.6) is 5.75 Å². The van der Waals surface area contributed by atoms with Gasteiger partial charge in [0.15, 0.2) is 5.69 Å². The standard InChI is InChI=1S/C26H28N8O3/c1-5-19(12-13-28-33-27)20-7-9-21(10-8-20)29-32-24-15-18(3)23(16-26(24)37-4)31-30-22-11-6-17(2)14-25(22)34(35)36/h6-11,14-16,19H,5,12-13H2,1-4H3/b31-30+,32-29+. The van der Waals surface area contributed by atoms with Crippen molar-refractivity contribution in [2.45, 2.75) is 39.5 Å². The molecule has 1 atom stereocenters. The van der Waals surface area contributed by atoms with E-state index in [4.69, 9.17) is 10.3 Å². The highest BCUT2D eigenvalue weighted by atomic mass is 16.6. The predicted octanol–water partition coefficient (Wildman–Crippen LogP) is 9.25. The number of azo groups is 2. The fourth-order valence-electron chi connectivity index (χ4n) is 3.77. The summed E-state index contributed by atoms with van der Waals surface area (Å²) in [6.45, 7) is 6.19. The van der Waals surface area contributed by atoms with Crippen molar-refractivity contribution < 1.29 is 9.66 Å². The first-order valence-corrected chi connectivity index (χ1v) is 11.7. The van der Waals surface area contributed by atoms with Gasteiger partial charge < -0.3 is 4.74 Å². The third kappa shape index (κ3) is 7.18. The number of azide groups is 1. The van der Waals surface area contributed by atoms with Gasteiger partial charge in [0.1, 0.15) is 11.4 Å². The molecule has 190 valence electrons. The Bertz CT molecular complexity index is 1360. The Morgan fingerprint density at radius 3 is 2.32 bits per heavy atom. The fourth-order valence-corrected chi connectivity index (χ4v) is 3.77. The van der Waals surface area contributed by atoms with Crippen molar-refractivity contribution in [3.05, 3.63) is 91.8 Å². The molecule has 1 unspecified atom stereocenters. The highest BCUT2D eigenvalue weighted by molar-refractivity contribution is 5.64. The van der Waals surface area contributed by atoms with Crippen LogP contribution in [0.4, 0.5) is 28.4 Å². The van der Waals surface area contributed by atoms with Gasteiger partial charge in [-0.15, -0.1) is 15.3 Å². The van der Waals surface area contributed by atoms with Crippen LogP contribution in [0.3, 0.4) is 0 Å². The topological polar surface area (TPSA) is 151 Å². The zero-order chi connectivity index (χ0) is 26.8. The van der Waals surface area contributed by atoms with Crippen molar-refractivity contribution in [2.24, 2.45) is 25.6 Å². The quantitative estimate of drug-likeness (QED) is 0.0847. The number of nitrogens with zero attached hydrogens (tertiary/aromatic N) is 8. The average Bonchev–Trinajstić information content (AvgIpc) is 2.90. The highest BCUT2D eigenvalue weighted by Gasteiger charge is 2.14. The van der Waals surface area contributed by atoms with Crippen molar-refractivity contribution in [3.63, 3.8) is 0 Å². The summed E-state index contributed by atoms with van der Waals surface area (Å²) in [5.41, 5.74) is 12.9. The van der Waals surface area contributed by atoms with Gasteiger partial charge in [0.2, 0.25) is 0 Å². The minimum atomic E-state index is -0.476. The summed E-state index contributed by atoms with van der Waals surface area (Å²) >= 11 is 0. The van der Waals surface area contributed by atoms with E-state index in [2.05, 4.69) is 37.4 Å². The molecular weight excluding hydrogens is 472 g/mol. The third-order valence-electron chi connectivity index (χ3n) is 5.86. The Morgan fingerprint density at radius 2 is 1.68 bits per heavy atom. The first-order valence-electron chi connectivity index (χ1n) is 11.7. The van der Waals surface area contributed by atoms with Gasteiger partial charge in [-0.25, -0.2) is 0 Å². The Balaban J connectivity index is 1.80. The molecule has 3 aromatic carbocycles. The van der Waals surface area contributed by atoms with Crippen LogP contribution in [-0.2, 0) is 0 Å². The molecule has 0 aromatic heterocycles. The van der Waals surface area contributed by atoms with Gasteiger partial charge >= 0.3 is 0 Å². The van der Waals surface area contributed by atoms with Crippen LogP contribution in [0.2, 0.25) is 0 Å². The Kier molecular flexibility index (Phi) is 9.40. The summed E-state index contributed by atoms with van der Waals surface area (Å²) in [5, 5.41) is 32.0. The summed E-state index contributed by atoms with van der Waals surface area (Å²) in [7, 11) is 1.52. The molecule has 0 fully saturated rings. The highest BCUT2D eigenvalue weighted by Crippen LogP contribution is 2.37. The van der Waals surface area contributed by atoms with Gasteiger partial charge in [-0.1, -0.05) is 30.2 Å². The summed E-state index contributed by atoms with van der Waals surface area (Å²) in [6.07, 6.45) is 1.73. The molecule has 0 radical (unpaired) electrons. The molecule has 0 amide bonds. The largest absolute Gasteiger partial charge is 0.494 e. The number of benzene rings is 3. The van der Waals surface area contributed by atoms with Gasteiger partial charge in [-0.05, 0) is 79.1 Å². The van der Waals surface area contributed by atoms with E-state index >= 15 is 0 Å². The van der Waals surface area contributed by atoms with Crippen molar-refractivity contribution in [2.75, 3.05) is 13.7 Å². The molecule has 0 saturated carbocycles. The molecule has 3 rings (SSSR count). The summed E-state index contributed by atoms with van der Waals surface area (Å²) in [4.78, 5) is 13.7. The number of nitro groups is 1. The van der Waals surface area contributed by atoms with Crippen LogP contribution in [0.25, 0.3) is 10.4 Å². The van der Waals surface area contributed by atoms with Crippen molar-refractivity contribution >= 4 is 28.4 Å². The van der Waals surface area contributed by atoms with Crippen LogP contribution in [0.15, 0.2) is 80.2 Å². The number of methoxy groups -OCH3 is 1. The smallest absolute Gasteiger partial charge is 0.296 e. The average molecular weight is 501 g/mol. The molecule has 0 spiro atoms. The summed E-state index contributed by atoms with van der Waals surface area (Å²) in [6, 6.07) is 16.0. The molecule has 37 heavy (non-hydrogen) atoms. The molecule has 11 nitrogen and oxygen atoms in total. The molecular formula is C26H28N8O3. The van der Waals surface area contributed by atoms with E-state index in [1.54, 1.807) is 31.2 Å². The van der Waals surface area contributed by atoms with Crippen molar-refractivity contribution in [1.29, 1.82) is 0 Å². The number of aryl methyl sites for hydroxylation is 2. The summed E-state index contributed by atoms with van der Waals surface area (Å²) < 4.78 is 5.47. The minimum Gasteiger partial charge on any atom is -0.494 e. The lowest BCUT2D eigenvalue weighted by Crippen LogP contribution is -1.98. The molecule has 0 aliphatic rings. The molecule has 0 heterocycles. The maximum atomic E-state index is 11.4. The van der Waals surface area contributed by atoms with E-state index in [0.29, 0.717) is 35.3 Å². The minimum absolute atomic E-state index is 0.106. The van der Waals surface area contributed by atoms with Crippen LogP contribution in [-0.4, -0.2) is 18.6 Å². The van der Waals surface area contributed by atoms with E-state index < -0.39 is 4.92 Å². The number of rotatable bonds is 11. The normalized spacial score (nSPS) is 12.0. The fraction of sp³-hybridized carbons (Fsp3) is 0.308. The van der Waals surface area contributed by atoms with Gasteiger partial charge in [-0.3, -0.25) is 10.1 Å². The second-order valence-electron chi connectivity index (χ2n) is 8.40. The monoisotopic (exact) mass is 500 g/mol. The Morgan fingerprint density at radius 1 is 0.973 bits per heavy atom. The molecule has 0 aliphatic carbocycles. The first kappa shape index (κ1) is 27.0. The van der Waals surface area contributed by atoms with E-state index in [1.807, 2.05) is 31.2 Å². The van der Waals surface area contributed by atoms with Gasteiger partial charge in [0.25, 0.3) is 5.69 Å². The van der Waals surface area contributed by atoms with Crippen LogP contribution < -0.4 is 4.74 Å². The molecule has 11 heteroatoms. The first-order chi connectivity index (χ1) is 17.9. The maximum Gasteiger partial charge on any atom is 0.296 e. The number of hydrogen-bond acceptors (Lipinski definition) is 8. The van der Waals surface area contributed by atoms with Crippen LogP contribution in [0, 0.1) is 24.0 Å². The van der Waals surface area contributed by atoms with E-state index in [9.17, 15) is 10.1 Å². The lowest BCUT2D eigenvalue weighted by atomic mass is 9.93. The molecule has 0 bridgehead atoms. The number of hydrogen-bond donors (Lipinski definition) is 0. The number of ether oxygens (including phenoxy) is 1. The van der Waals surface area contributed by atoms with E-state index in [-0.39, 0.29) is 11.4 Å². The zero-order valence-electron chi connectivity index (χ0n) is 21.2. The van der Waals surface area contributed by atoms with Crippen molar-refractivity contribution in [3.8, 4) is 5.75 Å². The lowest BCUT2D eigenvalue weighted by molar-refractivity contribution is -0.384. The number of nitro benzene ring substituents is 1. The Labute approximate surface area is 214 Å². The Hall–Kier alpha value is -4.63. The summed E-state index contributed by atoms with van der Waals surface area (Å²) in [5.74, 6) is 0.754. The molecule has 0 aliphatic heterocycles. The molecule has 3 aromatic rings. The molecule has 0 N–H and O–H groups in total. The maximum absolute atomic E-state index is 11.4. The molecule has 0 saturated heterocycles. The predicted molar refractivity (Wildman–Crippen MR) is 142 cm³/mol. The van der Waals surface area contributed by atoms with Crippen molar-refractivity contribution in [1.82, 2.24) is 0 Å². The SMILES string of the molecule is CCC(CCN=[N+]=[N-])c1ccc(/N=N/c2cc(C)c(/N=N/c3ccc(C)cc3[N+](=O)[O-])cc2OC)cc1. The lowest BCUT2D eigenvalue weighted by Gasteiger charge is -2.13.